The Morgan fingerprint density at radius 3 is 2.52 bits per heavy atom. The van der Waals surface area contributed by atoms with Crippen molar-refractivity contribution in [3.63, 3.8) is 0 Å². The Hall–Kier alpha value is -0.950. The van der Waals surface area contributed by atoms with Gasteiger partial charge < -0.3 is 4.42 Å². The lowest BCUT2D eigenvalue weighted by Crippen LogP contribution is -2.34. The molecule has 1 aromatic rings. The molecule has 7 heteroatoms. The first kappa shape index (κ1) is 16.4. The van der Waals surface area contributed by atoms with Crippen LogP contribution in [0.2, 0.25) is 0 Å². The molecule has 2 heterocycles. The molecular weight excluding hydrogens is 290 g/mol. The van der Waals surface area contributed by atoms with Crippen molar-refractivity contribution in [2.45, 2.75) is 52.2 Å². The van der Waals surface area contributed by atoms with Crippen molar-refractivity contribution in [3.8, 4) is 0 Å². The van der Waals surface area contributed by atoms with Crippen LogP contribution in [0, 0.1) is 11.8 Å². The van der Waals surface area contributed by atoms with Gasteiger partial charge in [-0.15, -0.1) is 10.2 Å². The van der Waals surface area contributed by atoms with E-state index in [0.717, 1.165) is 12.8 Å². The zero-order valence-electron chi connectivity index (χ0n) is 13.2. The van der Waals surface area contributed by atoms with Crippen molar-refractivity contribution < 1.29 is 12.8 Å². The van der Waals surface area contributed by atoms with Crippen LogP contribution < -0.4 is 0 Å². The Kier molecular flexibility index (Phi) is 5.03. The molecule has 0 N–H and O–H groups in total. The van der Waals surface area contributed by atoms with E-state index in [1.165, 1.54) is 0 Å². The molecule has 6 nitrogen and oxygen atoms in total. The van der Waals surface area contributed by atoms with E-state index in [4.69, 9.17) is 4.42 Å². The second-order valence-electron chi connectivity index (χ2n) is 6.50. The van der Waals surface area contributed by atoms with Crippen molar-refractivity contribution in [2.24, 2.45) is 11.8 Å². The summed E-state index contributed by atoms with van der Waals surface area (Å²) in [6.45, 7) is 8.81. The van der Waals surface area contributed by atoms with Gasteiger partial charge in [-0.25, -0.2) is 12.7 Å². The average molecular weight is 315 g/mol. The first-order chi connectivity index (χ1) is 9.79. The van der Waals surface area contributed by atoms with Gasteiger partial charge in [0, 0.05) is 25.9 Å². The standard InChI is InChI=1S/C14H25N3O3S/c1-10(2)7-13-15-16-14(20-13)8-12-5-6-17(9-12)21(18,19)11(3)4/h10-12H,5-9H2,1-4H3/t12-/m1/s1. The summed E-state index contributed by atoms with van der Waals surface area (Å²) < 4.78 is 31.5. The second-order valence-corrected chi connectivity index (χ2v) is 8.99. The maximum absolute atomic E-state index is 12.1. The van der Waals surface area contributed by atoms with E-state index in [2.05, 4.69) is 24.0 Å². The van der Waals surface area contributed by atoms with Crippen LogP contribution in [0.5, 0.6) is 0 Å². The minimum absolute atomic E-state index is 0.269. The summed E-state index contributed by atoms with van der Waals surface area (Å²) >= 11 is 0. The predicted molar refractivity (Wildman–Crippen MR) is 80.3 cm³/mol. The molecule has 0 aromatic carbocycles. The molecule has 1 saturated heterocycles. The lowest BCUT2D eigenvalue weighted by atomic mass is 10.1. The van der Waals surface area contributed by atoms with E-state index in [1.54, 1.807) is 18.2 Å². The normalized spacial score (nSPS) is 20.8. The van der Waals surface area contributed by atoms with Gasteiger partial charge in [-0.05, 0) is 32.1 Å². The lowest BCUT2D eigenvalue weighted by molar-refractivity contribution is 0.390. The molecule has 1 aliphatic rings. The highest BCUT2D eigenvalue weighted by atomic mass is 32.2. The number of nitrogens with zero attached hydrogens (tertiary/aromatic N) is 3. The fourth-order valence-corrected chi connectivity index (χ4v) is 3.92. The third-order valence-corrected chi connectivity index (χ3v) is 6.00. The van der Waals surface area contributed by atoms with Crippen LogP contribution in [0.4, 0.5) is 0 Å². The van der Waals surface area contributed by atoms with E-state index in [9.17, 15) is 8.42 Å². The molecule has 21 heavy (non-hydrogen) atoms. The summed E-state index contributed by atoms with van der Waals surface area (Å²) in [7, 11) is -3.15. The van der Waals surface area contributed by atoms with E-state index in [1.807, 2.05) is 0 Å². The number of rotatable bonds is 6. The third kappa shape index (κ3) is 4.03. The Balaban J connectivity index is 1.92. The predicted octanol–water partition coefficient (Wildman–Crippen LogP) is 1.87. The molecule has 1 atom stereocenters. The average Bonchev–Trinajstić information content (AvgIpc) is 2.99. The Labute approximate surface area is 127 Å². The Morgan fingerprint density at radius 1 is 1.24 bits per heavy atom. The molecule has 120 valence electrons. The summed E-state index contributed by atoms with van der Waals surface area (Å²) in [4.78, 5) is 0. The highest BCUT2D eigenvalue weighted by Crippen LogP contribution is 2.24. The molecule has 0 bridgehead atoms. The molecule has 1 aliphatic heterocycles. The molecule has 0 spiro atoms. The van der Waals surface area contributed by atoms with Crippen LogP contribution in [0.1, 0.15) is 45.9 Å². The zero-order valence-corrected chi connectivity index (χ0v) is 14.1. The van der Waals surface area contributed by atoms with Gasteiger partial charge in [0.05, 0.1) is 5.25 Å². The Bertz CT molecular complexity index is 566. The molecule has 0 unspecified atom stereocenters. The summed E-state index contributed by atoms with van der Waals surface area (Å²) in [5, 5.41) is 7.75. The molecule has 1 fully saturated rings. The summed E-state index contributed by atoms with van der Waals surface area (Å²) in [6, 6.07) is 0. The van der Waals surface area contributed by atoms with Crippen LogP contribution >= 0.6 is 0 Å². The number of sulfonamides is 1. The van der Waals surface area contributed by atoms with Crippen LogP contribution in [-0.4, -0.2) is 41.3 Å². The van der Waals surface area contributed by atoms with Crippen LogP contribution in [0.25, 0.3) is 0 Å². The highest BCUT2D eigenvalue weighted by molar-refractivity contribution is 7.89. The number of hydrogen-bond acceptors (Lipinski definition) is 5. The monoisotopic (exact) mass is 315 g/mol. The maximum atomic E-state index is 12.1. The molecule has 0 amide bonds. The fourth-order valence-electron chi connectivity index (χ4n) is 2.54. The van der Waals surface area contributed by atoms with Gasteiger partial charge in [0.1, 0.15) is 0 Å². The van der Waals surface area contributed by atoms with E-state index in [-0.39, 0.29) is 11.2 Å². The molecule has 0 radical (unpaired) electrons. The Morgan fingerprint density at radius 2 is 1.90 bits per heavy atom. The molecule has 1 aromatic heterocycles. The first-order valence-electron chi connectivity index (χ1n) is 7.59. The van der Waals surface area contributed by atoms with Gasteiger partial charge in [-0.2, -0.15) is 0 Å². The van der Waals surface area contributed by atoms with Crippen LogP contribution in [-0.2, 0) is 22.9 Å². The number of hydrogen-bond donors (Lipinski definition) is 0. The molecule has 2 rings (SSSR count). The van der Waals surface area contributed by atoms with Gasteiger partial charge in [-0.3, -0.25) is 0 Å². The van der Waals surface area contributed by atoms with Crippen molar-refractivity contribution in [1.29, 1.82) is 0 Å². The van der Waals surface area contributed by atoms with Gasteiger partial charge in [-0.1, -0.05) is 13.8 Å². The van der Waals surface area contributed by atoms with E-state index >= 15 is 0 Å². The van der Waals surface area contributed by atoms with E-state index in [0.29, 0.717) is 37.2 Å². The lowest BCUT2D eigenvalue weighted by Gasteiger charge is -2.18. The van der Waals surface area contributed by atoms with Crippen molar-refractivity contribution >= 4 is 10.0 Å². The summed E-state index contributed by atoms with van der Waals surface area (Å²) in [5.74, 6) is 2.05. The van der Waals surface area contributed by atoms with Gasteiger partial charge in [0.2, 0.25) is 21.8 Å². The van der Waals surface area contributed by atoms with Gasteiger partial charge >= 0.3 is 0 Å². The van der Waals surface area contributed by atoms with Crippen molar-refractivity contribution in [1.82, 2.24) is 14.5 Å². The zero-order chi connectivity index (χ0) is 15.6. The molecule has 0 saturated carbocycles. The van der Waals surface area contributed by atoms with Crippen molar-refractivity contribution in [2.75, 3.05) is 13.1 Å². The fraction of sp³-hybridized carbons (Fsp3) is 0.857. The minimum Gasteiger partial charge on any atom is -0.425 e. The van der Waals surface area contributed by atoms with Crippen molar-refractivity contribution in [3.05, 3.63) is 11.8 Å². The quantitative estimate of drug-likeness (QED) is 0.801. The summed E-state index contributed by atoms with van der Waals surface area (Å²) in [6.07, 6.45) is 2.30. The second kappa shape index (κ2) is 6.44. The van der Waals surface area contributed by atoms with Crippen LogP contribution in [0.3, 0.4) is 0 Å². The van der Waals surface area contributed by atoms with Gasteiger partial charge in [0.25, 0.3) is 0 Å². The smallest absolute Gasteiger partial charge is 0.216 e. The maximum Gasteiger partial charge on any atom is 0.216 e. The SMILES string of the molecule is CC(C)Cc1nnc(C[C@H]2CCN(S(=O)(=O)C(C)C)C2)o1. The number of aromatic nitrogens is 2. The van der Waals surface area contributed by atoms with Crippen LogP contribution in [0.15, 0.2) is 4.42 Å². The summed E-state index contributed by atoms with van der Waals surface area (Å²) in [5.41, 5.74) is 0. The topological polar surface area (TPSA) is 76.3 Å². The largest absolute Gasteiger partial charge is 0.425 e. The highest BCUT2D eigenvalue weighted by Gasteiger charge is 2.33. The molecular formula is C14H25N3O3S. The third-order valence-electron chi connectivity index (χ3n) is 3.76. The van der Waals surface area contributed by atoms with E-state index < -0.39 is 10.0 Å². The first-order valence-corrected chi connectivity index (χ1v) is 9.09. The molecule has 0 aliphatic carbocycles. The minimum atomic E-state index is -3.15. The van der Waals surface area contributed by atoms with Gasteiger partial charge in [0.15, 0.2) is 0 Å².